The molecule has 0 aliphatic heterocycles. The van der Waals surface area contributed by atoms with E-state index in [-0.39, 0.29) is 11.2 Å². The molecule has 0 radical (unpaired) electrons. The van der Waals surface area contributed by atoms with E-state index in [1.165, 1.54) is 7.11 Å². The van der Waals surface area contributed by atoms with Gasteiger partial charge in [0, 0.05) is 5.56 Å². The van der Waals surface area contributed by atoms with E-state index in [0.29, 0.717) is 16.8 Å². The lowest BCUT2D eigenvalue weighted by Crippen LogP contribution is -2.35. The van der Waals surface area contributed by atoms with Crippen molar-refractivity contribution in [3.05, 3.63) is 94.3 Å². The van der Waals surface area contributed by atoms with Gasteiger partial charge in [0.1, 0.15) is 22.9 Å². The number of nitrogens with zero attached hydrogens (tertiary/aromatic N) is 2. The van der Waals surface area contributed by atoms with Gasteiger partial charge < -0.3 is 4.74 Å². The van der Waals surface area contributed by atoms with Gasteiger partial charge in [-0.2, -0.15) is 4.68 Å². The second-order valence-corrected chi connectivity index (χ2v) is 6.36. The zero-order chi connectivity index (χ0) is 21.3. The van der Waals surface area contributed by atoms with Crippen molar-refractivity contribution in [2.75, 3.05) is 12.5 Å². The third-order valence-corrected chi connectivity index (χ3v) is 4.51. The van der Waals surface area contributed by atoms with Crippen LogP contribution in [0, 0.1) is 11.6 Å². The average Bonchev–Trinajstić information content (AvgIpc) is 2.75. The number of hydrogen-bond donors (Lipinski definition) is 1. The number of benzene rings is 3. The van der Waals surface area contributed by atoms with Crippen molar-refractivity contribution in [2.45, 2.75) is 0 Å². The van der Waals surface area contributed by atoms with E-state index in [1.807, 2.05) is 0 Å². The minimum atomic E-state index is -1.12. The van der Waals surface area contributed by atoms with Crippen molar-refractivity contribution in [2.24, 2.45) is 0 Å². The summed E-state index contributed by atoms with van der Waals surface area (Å²) in [6.07, 6.45) is 0. The number of rotatable bonds is 4. The van der Waals surface area contributed by atoms with Crippen LogP contribution in [0.3, 0.4) is 0 Å². The molecule has 0 spiro atoms. The lowest BCUT2D eigenvalue weighted by Gasteiger charge is -2.15. The Morgan fingerprint density at radius 3 is 2.43 bits per heavy atom. The molecule has 3 aromatic carbocycles. The second-order valence-electron chi connectivity index (χ2n) is 6.36. The fourth-order valence-corrected chi connectivity index (χ4v) is 3.06. The highest BCUT2D eigenvalue weighted by Gasteiger charge is 2.21. The van der Waals surface area contributed by atoms with Gasteiger partial charge in [0.2, 0.25) is 0 Å². The highest BCUT2D eigenvalue weighted by atomic mass is 19.1. The molecule has 30 heavy (non-hydrogen) atoms. The van der Waals surface area contributed by atoms with E-state index in [9.17, 15) is 18.4 Å². The van der Waals surface area contributed by atoms with Crippen LogP contribution in [0.15, 0.2) is 71.5 Å². The summed E-state index contributed by atoms with van der Waals surface area (Å²) in [6, 6.07) is 16.3. The molecule has 150 valence electrons. The summed E-state index contributed by atoms with van der Waals surface area (Å²) >= 11 is 0. The number of carbonyl (C=O) groups is 1. The van der Waals surface area contributed by atoms with Crippen LogP contribution in [0.4, 0.5) is 8.78 Å². The first kappa shape index (κ1) is 19.3. The first-order valence-corrected chi connectivity index (χ1v) is 8.91. The molecule has 4 rings (SSSR count). The fourth-order valence-electron chi connectivity index (χ4n) is 3.06. The molecule has 0 atom stereocenters. The zero-order valence-corrected chi connectivity index (χ0v) is 15.7. The molecular formula is C22H15F2N3O3. The van der Waals surface area contributed by atoms with Crippen LogP contribution in [0.5, 0.6) is 5.75 Å². The molecule has 1 aromatic heterocycles. The number of methoxy groups -OCH3 is 1. The molecule has 1 N–H and O–H groups in total. The number of para-hydroxylation sites is 1. The molecule has 1 amide bonds. The van der Waals surface area contributed by atoms with Gasteiger partial charge in [-0.15, -0.1) is 0 Å². The molecule has 4 aromatic rings. The van der Waals surface area contributed by atoms with Crippen molar-refractivity contribution in [3.63, 3.8) is 0 Å². The molecule has 0 unspecified atom stereocenters. The van der Waals surface area contributed by atoms with Crippen molar-refractivity contribution in [1.82, 2.24) is 9.66 Å². The summed E-state index contributed by atoms with van der Waals surface area (Å²) in [5.74, 6) is -2.61. The van der Waals surface area contributed by atoms with E-state index in [2.05, 4.69) is 10.4 Å². The molecule has 6 nitrogen and oxygen atoms in total. The van der Waals surface area contributed by atoms with Gasteiger partial charge in [-0.05, 0) is 36.4 Å². The Balaban J connectivity index is 1.92. The van der Waals surface area contributed by atoms with Crippen LogP contribution >= 0.6 is 0 Å². The van der Waals surface area contributed by atoms with Crippen LogP contribution in [0.2, 0.25) is 0 Å². The molecule has 0 fully saturated rings. The number of nitrogens with one attached hydrogen (secondary N) is 1. The van der Waals surface area contributed by atoms with Crippen molar-refractivity contribution in [3.8, 4) is 17.1 Å². The van der Waals surface area contributed by atoms with Crippen LogP contribution in [0.25, 0.3) is 22.3 Å². The minimum Gasteiger partial charge on any atom is -0.497 e. The Hall–Kier alpha value is -4.07. The highest BCUT2D eigenvalue weighted by molar-refractivity contribution is 6.01. The zero-order valence-electron chi connectivity index (χ0n) is 15.7. The highest BCUT2D eigenvalue weighted by Crippen LogP contribution is 2.23. The first-order valence-electron chi connectivity index (χ1n) is 8.91. The molecule has 0 saturated heterocycles. The van der Waals surface area contributed by atoms with E-state index in [4.69, 9.17) is 4.74 Å². The molecule has 0 saturated carbocycles. The predicted octanol–water partition coefficient (Wildman–Crippen LogP) is 3.73. The van der Waals surface area contributed by atoms with Gasteiger partial charge in [-0.3, -0.25) is 15.0 Å². The predicted molar refractivity (Wildman–Crippen MR) is 108 cm³/mol. The summed E-state index contributed by atoms with van der Waals surface area (Å²) in [7, 11) is 1.49. The molecular weight excluding hydrogens is 392 g/mol. The third-order valence-electron chi connectivity index (χ3n) is 4.51. The number of ether oxygens (including phenoxy) is 1. The van der Waals surface area contributed by atoms with Gasteiger partial charge in [0.25, 0.3) is 11.5 Å². The molecule has 1 heterocycles. The summed E-state index contributed by atoms with van der Waals surface area (Å²) in [5, 5.41) is 0.235. The Morgan fingerprint density at radius 2 is 1.70 bits per heavy atom. The van der Waals surface area contributed by atoms with Gasteiger partial charge in [-0.1, -0.05) is 30.3 Å². The average molecular weight is 407 g/mol. The van der Waals surface area contributed by atoms with Crippen molar-refractivity contribution < 1.29 is 18.3 Å². The van der Waals surface area contributed by atoms with E-state index in [1.54, 1.807) is 48.5 Å². The standard InChI is InChI=1S/C22H15F2N3O3/c1-30-14-7-4-6-13(12-14)20-25-18-11-3-2-8-15(18)22(29)27(20)26-21(28)19-16(23)9-5-10-17(19)24/h2-12H,1H3,(H,26,28). The van der Waals surface area contributed by atoms with Crippen LogP contribution in [-0.4, -0.2) is 22.7 Å². The minimum absolute atomic E-state index is 0.0858. The van der Waals surface area contributed by atoms with Gasteiger partial charge >= 0.3 is 0 Å². The topological polar surface area (TPSA) is 73.2 Å². The summed E-state index contributed by atoms with van der Waals surface area (Å²) < 4.78 is 34.2. The van der Waals surface area contributed by atoms with Gasteiger partial charge in [0.05, 0.1) is 18.0 Å². The molecule has 0 aliphatic rings. The quantitative estimate of drug-likeness (QED) is 0.560. The lowest BCUT2D eigenvalue weighted by atomic mass is 10.1. The Morgan fingerprint density at radius 1 is 1.00 bits per heavy atom. The van der Waals surface area contributed by atoms with E-state index in [0.717, 1.165) is 22.9 Å². The first-order chi connectivity index (χ1) is 14.5. The monoisotopic (exact) mass is 407 g/mol. The summed E-state index contributed by atoms with van der Waals surface area (Å²) in [4.78, 5) is 30.2. The number of carbonyl (C=O) groups excluding carboxylic acids is 1. The number of aromatic nitrogens is 2. The van der Waals surface area contributed by atoms with Crippen LogP contribution < -0.4 is 15.7 Å². The Bertz CT molecular complexity index is 1310. The van der Waals surface area contributed by atoms with Crippen molar-refractivity contribution in [1.29, 1.82) is 0 Å². The lowest BCUT2D eigenvalue weighted by molar-refractivity contribution is 0.0999. The second kappa shape index (κ2) is 7.75. The maximum Gasteiger partial charge on any atom is 0.280 e. The number of hydrogen-bond acceptors (Lipinski definition) is 4. The van der Waals surface area contributed by atoms with Crippen LogP contribution in [0.1, 0.15) is 10.4 Å². The molecule has 0 aliphatic carbocycles. The summed E-state index contributed by atoms with van der Waals surface area (Å²) in [6.45, 7) is 0. The summed E-state index contributed by atoms with van der Waals surface area (Å²) in [5.41, 5.74) is 1.77. The number of halogens is 2. The maximum absolute atomic E-state index is 14.1. The maximum atomic E-state index is 14.1. The number of amides is 1. The van der Waals surface area contributed by atoms with Gasteiger partial charge in [0.15, 0.2) is 5.82 Å². The van der Waals surface area contributed by atoms with E-state index >= 15 is 0 Å². The smallest absolute Gasteiger partial charge is 0.280 e. The Labute approximate surface area is 169 Å². The van der Waals surface area contributed by atoms with Crippen LogP contribution in [-0.2, 0) is 0 Å². The largest absolute Gasteiger partial charge is 0.497 e. The molecule has 0 bridgehead atoms. The Kier molecular flexibility index (Phi) is 4.97. The van der Waals surface area contributed by atoms with Crippen molar-refractivity contribution >= 4 is 16.8 Å². The third kappa shape index (κ3) is 3.39. The SMILES string of the molecule is COc1cccc(-c2nc3ccccc3c(=O)n2NC(=O)c2c(F)cccc2F)c1. The normalized spacial score (nSPS) is 10.8. The van der Waals surface area contributed by atoms with E-state index < -0.39 is 28.7 Å². The molecule has 8 heteroatoms. The fraction of sp³-hybridized carbons (Fsp3) is 0.0455. The van der Waals surface area contributed by atoms with Gasteiger partial charge in [-0.25, -0.2) is 13.8 Å². The number of fused-ring (bicyclic) bond motifs is 1.